The zero-order valence-corrected chi connectivity index (χ0v) is 23.8. The molecule has 10 heteroatoms. The Morgan fingerprint density at radius 1 is 1.12 bits per heavy atom. The second-order valence-electron chi connectivity index (χ2n) is 11.4. The predicted octanol–water partition coefficient (Wildman–Crippen LogP) is 4.88. The number of nitrogens with zero attached hydrogens (tertiary/aromatic N) is 8. The van der Waals surface area contributed by atoms with Gasteiger partial charge in [0.05, 0.1) is 17.3 Å². The molecule has 4 heterocycles. The second kappa shape index (κ2) is 10.7. The van der Waals surface area contributed by atoms with E-state index < -0.39 is 5.56 Å². The number of hydrogen-bond donors (Lipinski definition) is 0. The standard InChI is InChI=1S/C31H31FN8O/c1-19-18-39(28-22(17-33)29(41)38(6)24-11-12-25(34-5)37-26(24)28)15-16-40(19)27(20-7-9-21(32)10-8-20)23-13-14-35-30(36-23)31(2,3)4/h7-14,19,27H,15-16,18H2,1-4,6H3/t19-,27?/m1/s1. The fraction of sp³-hybridized carbons (Fsp3) is 0.355. The first-order valence-corrected chi connectivity index (χ1v) is 13.4. The number of anilines is 1. The summed E-state index contributed by atoms with van der Waals surface area (Å²) in [6.45, 7) is 17.3. The molecule has 4 aromatic rings. The molecule has 208 valence electrons. The van der Waals surface area contributed by atoms with Crippen LogP contribution in [-0.4, -0.2) is 50.1 Å². The Labute approximate surface area is 238 Å². The maximum absolute atomic E-state index is 13.9. The van der Waals surface area contributed by atoms with Gasteiger partial charge in [0.2, 0.25) is 5.52 Å². The molecule has 0 radical (unpaired) electrons. The monoisotopic (exact) mass is 550 g/mol. The van der Waals surface area contributed by atoms with Crippen LogP contribution < -0.4 is 10.5 Å². The van der Waals surface area contributed by atoms with Gasteiger partial charge in [0, 0.05) is 44.3 Å². The van der Waals surface area contributed by atoms with Crippen LogP contribution in [0.3, 0.4) is 0 Å². The van der Waals surface area contributed by atoms with Crippen LogP contribution in [0, 0.1) is 23.7 Å². The van der Waals surface area contributed by atoms with Crippen molar-refractivity contribution >= 4 is 22.5 Å². The quantitative estimate of drug-likeness (QED) is 0.334. The van der Waals surface area contributed by atoms with E-state index in [9.17, 15) is 14.4 Å². The fourth-order valence-electron chi connectivity index (χ4n) is 5.48. The van der Waals surface area contributed by atoms with Crippen LogP contribution in [0.2, 0.25) is 0 Å². The van der Waals surface area contributed by atoms with E-state index >= 15 is 0 Å². The van der Waals surface area contributed by atoms with Crippen molar-refractivity contribution in [2.75, 3.05) is 24.5 Å². The first kappa shape index (κ1) is 27.9. The molecule has 3 aromatic heterocycles. The van der Waals surface area contributed by atoms with Gasteiger partial charge in [-0.2, -0.15) is 5.26 Å². The van der Waals surface area contributed by atoms with Gasteiger partial charge in [0.25, 0.3) is 11.4 Å². The van der Waals surface area contributed by atoms with Gasteiger partial charge in [-0.3, -0.25) is 9.69 Å². The van der Waals surface area contributed by atoms with E-state index in [1.807, 2.05) is 11.0 Å². The average molecular weight is 551 g/mol. The van der Waals surface area contributed by atoms with Crippen LogP contribution in [0.25, 0.3) is 15.9 Å². The summed E-state index contributed by atoms with van der Waals surface area (Å²) in [6.07, 6.45) is 1.77. The molecule has 0 saturated carbocycles. The highest BCUT2D eigenvalue weighted by Crippen LogP contribution is 2.35. The molecule has 41 heavy (non-hydrogen) atoms. The third-order valence-corrected chi connectivity index (χ3v) is 7.57. The molecule has 0 aliphatic carbocycles. The number of halogens is 1. The van der Waals surface area contributed by atoms with E-state index in [0.29, 0.717) is 36.4 Å². The van der Waals surface area contributed by atoms with Crippen LogP contribution in [0.15, 0.2) is 53.5 Å². The molecule has 1 saturated heterocycles. The normalized spacial score (nSPS) is 16.8. The van der Waals surface area contributed by atoms with Gasteiger partial charge in [-0.1, -0.05) is 39.5 Å². The number of fused-ring (bicyclic) bond motifs is 1. The molecule has 1 aromatic carbocycles. The van der Waals surface area contributed by atoms with Gasteiger partial charge in [0.15, 0.2) is 0 Å². The minimum atomic E-state index is -0.401. The summed E-state index contributed by atoms with van der Waals surface area (Å²) in [5.74, 6) is 0.611. The van der Waals surface area contributed by atoms with E-state index in [2.05, 4.69) is 53.5 Å². The van der Waals surface area contributed by atoms with Crippen molar-refractivity contribution in [1.82, 2.24) is 24.4 Å². The largest absolute Gasteiger partial charge is 0.364 e. The lowest BCUT2D eigenvalue weighted by atomic mass is 9.94. The van der Waals surface area contributed by atoms with Crippen LogP contribution >= 0.6 is 0 Å². The Hall–Kier alpha value is -4.67. The Morgan fingerprint density at radius 2 is 1.85 bits per heavy atom. The van der Waals surface area contributed by atoms with Crippen molar-refractivity contribution in [3.8, 4) is 6.07 Å². The zero-order valence-electron chi connectivity index (χ0n) is 23.8. The molecular weight excluding hydrogens is 519 g/mol. The minimum absolute atomic E-state index is 0.0102. The number of aromatic nitrogens is 4. The van der Waals surface area contributed by atoms with Gasteiger partial charge in [-0.05, 0) is 42.8 Å². The first-order valence-electron chi connectivity index (χ1n) is 13.4. The van der Waals surface area contributed by atoms with E-state index in [1.54, 1.807) is 37.5 Å². The molecule has 5 rings (SSSR count). The molecule has 1 aliphatic heterocycles. The van der Waals surface area contributed by atoms with Gasteiger partial charge >= 0.3 is 0 Å². The molecule has 1 unspecified atom stereocenters. The average Bonchev–Trinajstić information content (AvgIpc) is 2.96. The minimum Gasteiger partial charge on any atom is -0.364 e. The van der Waals surface area contributed by atoms with Crippen molar-refractivity contribution < 1.29 is 4.39 Å². The third-order valence-electron chi connectivity index (χ3n) is 7.57. The molecule has 0 amide bonds. The Morgan fingerprint density at radius 3 is 2.49 bits per heavy atom. The lowest BCUT2D eigenvalue weighted by molar-refractivity contribution is 0.147. The van der Waals surface area contributed by atoms with Gasteiger partial charge in [-0.25, -0.2) is 14.4 Å². The summed E-state index contributed by atoms with van der Waals surface area (Å²) in [5, 5.41) is 10.0. The summed E-state index contributed by atoms with van der Waals surface area (Å²) in [4.78, 5) is 34.9. The van der Waals surface area contributed by atoms with Crippen molar-refractivity contribution in [3.63, 3.8) is 0 Å². The van der Waals surface area contributed by atoms with E-state index in [0.717, 1.165) is 17.1 Å². The van der Waals surface area contributed by atoms with Crippen LogP contribution in [-0.2, 0) is 12.5 Å². The Balaban J connectivity index is 1.58. The van der Waals surface area contributed by atoms with Crippen molar-refractivity contribution in [3.05, 3.63) is 98.9 Å². The Bertz CT molecular complexity index is 1760. The fourth-order valence-corrected chi connectivity index (χ4v) is 5.48. The molecule has 0 bridgehead atoms. The second-order valence-corrected chi connectivity index (χ2v) is 11.4. The number of pyridine rings is 2. The molecule has 0 spiro atoms. The van der Waals surface area contributed by atoms with E-state index in [4.69, 9.17) is 11.6 Å². The SMILES string of the molecule is [C-]#[N+]c1ccc2c(n1)c(N1CCN(C(c3ccc(F)cc3)c3ccnc(C(C)(C)C)n3)[C@H](C)C1)c(C#N)c(=O)n2C. The highest BCUT2D eigenvalue weighted by Gasteiger charge is 2.35. The zero-order chi connectivity index (χ0) is 29.5. The molecule has 1 aliphatic rings. The molecule has 1 fully saturated rings. The van der Waals surface area contributed by atoms with E-state index in [1.165, 1.54) is 16.7 Å². The highest BCUT2D eigenvalue weighted by molar-refractivity contribution is 5.92. The van der Waals surface area contributed by atoms with Crippen molar-refractivity contribution in [2.45, 2.75) is 45.2 Å². The predicted molar refractivity (Wildman–Crippen MR) is 155 cm³/mol. The summed E-state index contributed by atoms with van der Waals surface area (Å²) < 4.78 is 15.3. The summed E-state index contributed by atoms with van der Waals surface area (Å²) in [6, 6.07) is 13.5. The van der Waals surface area contributed by atoms with Crippen LogP contribution in [0.5, 0.6) is 0 Å². The topological polar surface area (TPSA) is 95.3 Å². The lowest BCUT2D eigenvalue weighted by Crippen LogP contribution is -2.54. The number of piperazine rings is 1. The van der Waals surface area contributed by atoms with Gasteiger partial charge in [0.1, 0.15) is 29.0 Å². The molecule has 0 N–H and O–H groups in total. The summed E-state index contributed by atoms with van der Waals surface area (Å²) >= 11 is 0. The van der Waals surface area contributed by atoms with Gasteiger partial charge < -0.3 is 14.3 Å². The first-order chi connectivity index (χ1) is 19.5. The van der Waals surface area contributed by atoms with Crippen LogP contribution in [0.4, 0.5) is 15.9 Å². The lowest BCUT2D eigenvalue weighted by Gasteiger charge is -2.44. The maximum atomic E-state index is 13.9. The molecule has 9 nitrogen and oxygen atoms in total. The van der Waals surface area contributed by atoms with Crippen molar-refractivity contribution in [2.24, 2.45) is 7.05 Å². The number of nitriles is 1. The number of hydrogen-bond acceptors (Lipinski definition) is 7. The van der Waals surface area contributed by atoms with Crippen LogP contribution in [0.1, 0.15) is 56.4 Å². The maximum Gasteiger partial charge on any atom is 0.271 e. The number of benzene rings is 1. The summed E-state index contributed by atoms with van der Waals surface area (Å²) in [7, 11) is 1.61. The summed E-state index contributed by atoms with van der Waals surface area (Å²) in [5.41, 5.74) is 2.56. The third kappa shape index (κ3) is 5.15. The molecule has 2 atom stereocenters. The number of rotatable bonds is 4. The smallest absolute Gasteiger partial charge is 0.271 e. The van der Waals surface area contributed by atoms with Gasteiger partial charge in [-0.15, -0.1) is 4.98 Å². The molecular formula is C31H31FN8O. The van der Waals surface area contributed by atoms with E-state index in [-0.39, 0.29) is 34.7 Å². The number of aryl methyl sites for hydroxylation is 1. The highest BCUT2D eigenvalue weighted by atomic mass is 19.1. The Kier molecular flexibility index (Phi) is 7.29. The van der Waals surface area contributed by atoms with Crippen molar-refractivity contribution in [1.29, 1.82) is 5.26 Å².